The van der Waals surface area contributed by atoms with Crippen LogP contribution in [0.25, 0.3) is 0 Å². The molecule has 7 nitrogen and oxygen atoms in total. The van der Waals surface area contributed by atoms with Gasteiger partial charge in [-0.05, 0) is 31.0 Å². The quantitative estimate of drug-likeness (QED) is 0.226. The van der Waals surface area contributed by atoms with Gasteiger partial charge in [-0.3, -0.25) is 10.1 Å². The van der Waals surface area contributed by atoms with Crippen LogP contribution in [0.2, 0.25) is 5.02 Å². The largest absolute Gasteiger partial charge is 0.493 e. The molecule has 2 aromatic carbocycles. The maximum Gasteiger partial charge on any atom is 0.271 e. The van der Waals surface area contributed by atoms with Gasteiger partial charge >= 0.3 is 0 Å². The third-order valence-electron chi connectivity index (χ3n) is 4.17. The molecule has 0 saturated heterocycles. The summed E-state index contributed by atoms with van der Waals surface area (Å²) in [4.78, 5) is 10.3. The van der Waals surface area contributed by atoms with Crippen molar-refractivity contribution in [3.63, 3.8) is 0 Å². The van der Waals surface area contributed by atoms with Crippen molar-refractivity contribution in [1.82, 2.24) is 5.32 Å². The van der Waals surface area contributed by atoms with Crippen molar-refractivity contribution in [3.05, 3.63) is 69.3 Å². The number of rotatable bonds is 12. The van der Waals surface area contributed by atoms with Gasteiger partial charge in [0, 0.05) is 37.3 Å². The zero-order valence-corrected chi connectivity index (χ0v) is 17.4. The molecule has 0 aliphatic heterocycles. The lowest BCUT2D eigenvalue weighted by Gasteiger charge is -2.16. The lowest BCUT2D eigenvalue weighted by atomic mass is 10.1. The molecule has 0 saturated carbocycles. The molecule has 2 rings (SSSR count). The predicted octanol–water partition coefficient (Wildman–Crippen LogP) is 4.59. The molecule has 0 aromatic heterocycles. The third-order valence-corrected chi connectivity index (χ3v) is 4.49. The van der Waals surface area contributed by atoms with Crippen molar-refractivity contribution < 1.29 is 14.4 Å². The van der Waals surface area contributed by atoms with E-state index < -0.39 is 4.92 Å². The van der Waals surface area contributed by atoms with Crippen LogP contribution in [0.1, 0.15) is 18.1 Å². The van der Waals surface area contributed by atoms with Crippen molar-refractivity contribution in [1.29, 1.82) is 0 Å². The van der Waals surface area contributed by atoms with Crippen LogP contribution >= 0.6 is 11.6 Å². The summed E-state index contributed by atoms with van der Waals surface area (Å²) in [7, 11) is 1.63. The van der Waals surface area contributed by atoms with Crippen molar-refractivity contribution in [2.24, 2.45) is 0 Å². The Bertz CT molecular complexity index is 858. The van der Waals surface area contributed by atoms with E-state index >= 15 is 0 Å². The van der Waals surface area contributed by atoms with Crippen molar-refractivity contribution in [3.8, 4) is 11.5 Å². The summed E-state index contributed by atoms with van der Waals surface area (Å²) in [6.07, 6.45) is 2.53. The highest BCUT2D eigenvalue weighted by Crippen LogP contribution is 2.33. The topological polar surface area (TPSA) is 85.7 Å². The van der Waals surface area contributed by atoms with E-state index in [1.807, 2.05) is 19.1 Å². The first-order valence-electron chi connectivity index (χ1n) is 9.32. The zero-order valence-electron chi connectivity index (χ0n) is 16.7. The van der Waals surface area contributed by atoms with Crippen LogP contribution in [0.4, 0.5) is 11.4 Å². The second-order valence-corrected chi connectivity index (χ2v) is 6.64. The van der Waals surface area contributed by atoms with E-state index in [4.69, 9.17) is 21.1 Å². The maximum absolute atomic E-state index is 10.8. The highest BCUT2D eigenvalue weighted by atomic mass is 35.5. The zero-order chi connectivity index (χ0) is 21.2. The van der Waals surface area contributed by atoms with Crippen LogP contribution < -0.4 is 20.1 Å². The number of allylic oxidation sites excluding steroid dienone is 1. The summed E-state index contributed by atoms with van der Waals surface area (Å²) in [5, 5.41) is 17.6. The molecule has 2 N–H and O–H groups in total. The van der Waals surface area contributed by atoms with E-state index in [0.29, 0.717) is 49.1 Å². The summed E-state index contributed by atoms with van der Waals surface area (Å²) in [6, 6.07) is 8.42. The highest BCUT2D eigenvalue weighted by Gasteiger charge is 2.12. The molecule has 0 aliphatic rings. The molecule has 0 bridgehead atoms. The molecular formula is C21H26ClN3O4. The average Bonchev–Trinajstić information content (AvgIpc) is 2.70. The Balaban J connectivity index is 1.92. The fraction of sp³-hybridized carbons (Fsp3) is 0.333. The van der Waals surface area contributed by atoms with E-state index in [9.17, 15) is 10.1 Å². The normalized spacial score (nSPS) is 10.4. The molecule has 0 aliphatic carbocycles. The number of anilines is 1. The van der Waals surface area contributed by atoms with Gasteiger partial charge in [0.05, 0.1) is 29.4 Å². The van der Waals surface area contributed by atoms with E-state index in [1.165, 1.54) is 12.1 Å². The van der Waals surface area contributed by atoms with Crippen LogP contribution in [0.15, 0.2) is 43.0 Å². The van der Waals surface area contributed by atoms with Gasteiger partial charge in [0.1, 0.15) is 0 Å². The number of benzene rings is 2. The van der Waals surface area contributed by atoms with Gasteiger partial charge in [0.15, 0.2) is 11.5 Å². The van der Waals surface area contributed by atoms with E-state index in [2.05, 4.69) is 23.3 Å². The smallest absolute Gasteiger partial charge is 0.271 e. The Kier molecular flexibility index (Phi) is 8.76. The Hall–Kier alpha value is -2.77. The Morgan fingerprint density at radius 1 is 1.28 bits per heavy atom. The molecule has 156 valence electrons. The number of ether oxygens (including phenoxy) is 2. The Morgan fingerprint density at radius 3 is 2.69 bits per heavy atom. The fourth-order valence-electron chi connectivity index (χ4n) is 2.87. The van der Waals surface area contributed by atoms with Crippen molar-refractivity contribution in [2.75, 3.05) is 32.1 Å². The monoisotopic (exact) mass is 419 g/mol. The van der Waals surface area contributed by atoms with Crippen LogP contribution in [-0.2, 0) is 13.0 Å². The van der Waals surface area contributed by atoms with Gasteiger partial charge < -0.3 is 20.1 Å². The van der Waals surface area contributed by atoms with Gasteiger partial charge in [-0.1, -0.05) is 23.7 Å². The minimum Gasteiger partial charge on any atom is -0.493 e. The third kappa shape index (κ3) is 6.37. The number of nitro benzene ring substituents is 1. The van der Waals surface area contributed by atoms with Gasteiger partial charge in [-0.25, -0.2) is 0 Å². The Labute approximate surface area is 175 Å². The fourth-order valence-corrected chi connectivity index (χ4v) is 3.11. The molecular weight excluding hydrogens is 394 g/mol. The number of nitrogens with one attached hydrogen (secondary N) is 2. The molecule has 0 amide bonds. The first-order valence-corrected chi connectivity index (χ1v) is 9.69. The Morgan fingerprint density at radius 2 is 2.07 bits per heavy atom. The molecule has 2 aromatic rings. The standard InChI is InChI=1S/C21H26ClN3O4/c1-4-6-16-11-15(12-20(28-3)21(16)29-5-2)14-23-9-10-24-19-8-7-17(25(26)27)13-18(19)22/h4,7-8,11-13,23-24H,1,5-6,9-10,14H2,2-3H3. The summed E-state index contributed by atoms with van der Waals surface area (Å²) in [6.45, 7) is 8.27. The molecule has 8 heteroatoms. The summed E-state index contributed by atoms with van der Waals surface area (Å²) in [5.74, 6) is 1.46. The minimum atomic E-state index is -0.469. The van der Waals surface area contributed by atoms with E-state index in [-0.39, 0.29) is 5.69 Å². The second-order valence-electron chi connectivity index (χ2n) is 6.24. The first kappa shape index (κ1) is 22.5. The number of non-ortho nitro benzene ring substituents is 1. The molecule has 0 heterocycles. The summed E-state index contributed by atoms with van der Waals surface area (Å²) < 4.78 is 11.2. The van der Waals surface area contributed by atoms with Crippen LogP contribution in [0.3, 0.4) is 0 Å². The molecule has 0 atom stereocenters. The van der Waals surface area contributed by atoms with Gasteiger partial charge in [-0.15, -0.1) is 6.58 Å². The average molecular weight is 420 g/mol. The van der Waals surface area contributed by atoms with E-state index in [1.54, 1.807) is 13.2 Å². The van der Waals surface area contributed by atoms with Crippen molar-refractivity contribution in [2.45, 2.75) is 19.9 Å². The summed E-state index contributed by atoms with van der Waals surface area (Å²) >= 11 is 6.08. The van der Waals surface area contributed by atoms with Crippen LogP contribution in [0.5, 0.6) is 11.5 Å². The molecule has 0 fully saturated rings. The second kappa shape index (κ2) is 11.3. The number of methoxy groups -OCH3 is 1. The number of nitrogens with zero attached hydrogens (tertiary/aromatic N) is 1. The lowest BCUT2D eigenvalue weighted by Crippen LogP contribution is -2.22. The number of nitro groups is 1. The van der Waals surface area contributed by atoms with E-state index in [0.717, 1.165) is 16.9 Å². The minimum absolute atomic E-state index is 0.0292. The highest BCUT2D eigenvalue weighted by molar-refractivity contribution is 6.33. The van der Waals surface area contributed by atoms with Gasteiger partial charge in [0.25, 0.3) is 5.69 Å². The molecule has 29 heavy (non-hydrogen) atoms. The summed E-state index contributed by atoms with van der Waals surface area (Å²) in [5.41, 5.74) is 2.75. The molecule has 0 unspecified atom stereocenters. The number of halogens is 1. The SMILES string of the molecule is C=CCc1cc(CNCCNc2ccc([N+](=O)[O-])cc2Cl)cc(OC)c1OCC. The molecule has 0 spiro atoms. The molecule has 0 radical (unpaired) electrons. The van der Waals surface area contributed by atoms with Crippen LogP contribution in [-0.4, -0.2) is 31.7 Å². The lowest BCUT2D eigenvalue weighted by molar-refractivity contribution is -0.384. The number of hydrogen-bond donors (Lipinski definition) is 2. The van der Waals surface area contributed by atoms with Gasteiger partial charge in [0.2, 0.25) is 0 Å². The van der Waals surface area contributed by atoms with Gasteiger partial charge in [-0.2, -0.15) is 0 Å². The first-order chi connectivity index (χ1) is 14.0. The predicted molar refractivity (Wildman–Crippen MR) is 116 cm³/mol. The van der Waals surface area contributed by atoms with Crippen LogP contribution in [0, 0.1) is 10.1 Å². The number of hydrogen-bond acceptors (Lipinski definition) is 6. The van der Waals surface area contributed by atoms with Crippen molar-refractivity contribution >= 4 is 23.0 Å². The maximum atomic E-state index is 10.8.